The summed E-state index contributed by atoms with van der Waals surface area (Å²) in [5.74, 6) is 0. The number of rotatable bonds is 6. The molecule has 0 atom stereocenters. The molecule has 17 heavy (non-hydrogen) atoms. The van der Waals surface area contributed by atoms with Crippen LogP contribution in [0.25, 0.3) is 0 Å². The zero-order valence-corrected chi connectivity index (χ0v) is 12.2. The van der Waals surface area contributed by atoms with Crippen molar-refractivity contribution in [2.75, 3.05) is 20.1 Å². The van der Waals surface area contributed by atoms with E-state index in [9.17, 15) is 0 Å². The fourth-order valence-electron chi connectivity index (χ4n) is 1.55. The number of likely N-dealkylation sites (N-methyl/N-ethyl adjacent to an activating group) is 1. The summed E-state index contributed by atoms with van der Waals surface area (Å²) in [5, 5.41) is 5.59. The zero-order valence-electron chi connectivity index (χ0n) is 11.4. The van der Waals surface area contributed by atoms with E-state index in [0.717, 1.165) is 19.6 Å². The second kappa shape index (κ2) is 6.34. The molecule has 0 unspecified atom stereocenters. The maximum Gasteiger partial charge on any atom is 0.0328 e. The second-order valence-electron chi connectivity index (χ2n) is 5.61. The third-order valence-corrected chi connectivity index (χ3v) is 3.23. The molecule has 0 radical (unpaired) electrons. The molecule has 1 aromatic rings. The van der Waals surface area contributed by atoms with E-state index in [1.807, 2.05) is 11.3 Å². The molecule has 3 heteroatoms. The Morgan fingerprint density at radius 3 is 2.71 bits per heavy atom. The Morgan fingerprint density at radius 2 is 2.18 bits per heavy atom. The number of thiophene rings is 1. The lowest BCUT2D eigenvalue weighted by Crippen LogP contribution is -2.38. The Kier molecular flexibility index (Phi) is 5.37. The molecule has 1 rings (SSSR count). The molecule has 0 aromatic carbocycles. The van der Waals surface area contributed by atoms with Gasteiger partial charge in [-0.15, -0.1) is 11.3 Å². The lowest BCUT2D eigenvalue weighted by Gasteiger charge is -2.23. The highest BCUT2D eigenvalue weighted by Gasteiger charge is 2.09. The van der Waals surface area contributed by atoms with Crippen molar-refractivity contribution < 1.29 is 0 Å². The van der Waals surface area contributed by atoms with Gasteiger partial charge in [-0.2, -0.15) is 0 Å². The molecule has 96 valence electrons. The number of hydrogen-bond donors (Lipinski definition) is 1. The average molecular weight is 252 g/mol. The first-order valence-corrected chi connectivity index (χ1v) is 6.87. The third-order valence-electron chi connectivity index (χ3n) is 2.37. The van der Waals surface area contributed by atoms with E-state index in [-0.39, 0.29) is 5.54 Å². The van der Waals surface area contributed by atoms with E-state index < -0.39 is 0 Å². The van der Waals surface area contributed by atoms with Crippen molar-refractivity contribution in [3.8, 4) is 0 Å². The Bertz CT molecular complexity index is 336. The number of nitrogens with one attached hydrogen (secondary N) is 1. The van der Waals surface area contributed by atoms with Crippen LogP contribution in [0.4, 0.5) is 0 Å². The average Bonchev–Trinajstić information content (AvgIpc) is 2.66. The van der Waals surface area contributed by atoms with E-state index in [2.05, 4.69) is 62.1 Å². The number of nitrogens with zero attached hydrogens (tertiary/aromatic N) is 1. The highest BCUT2D eigenvalue weighted by molar-refractivity contribution is 7.09. The maximum absolute atomic E-state index is 4.13. The minimum Gasteiger partial charge on any atom is -0.308 e. The third kappa shape index (κ3) is 6.61. The van der Waals surface area contributed by atoms with Crippen LogP contribution in [0, 0.1) is 0 Å². The van der Waals surface area contributed by atoms with E-state index in [4.69, 9.17) is 0 Å². The molecule has 2 nitrogen and oxygen atoms in total. The lowest BCUT2D eigenvalue weighted by atomic mass is 10.1. The minimum atomic E-state index is 0.162. The summed E-state index contributed by atoms with van der Waals surface area (Å²) in [5.41, 5.74) is 1.40. The van der Waals surface area contributed by atoms with Crippen molar-refractivity contribution in [3.05, 3.63) is 34.5 Å². The fourth-order valence-corrected chi connectivity index (χ4v) is 2.34. The first-order chi connectivity index (χ1) is 7.87. The molecule has 0 aliphatic carbocycles. The summed E-state index contributed by atoms with van der Waals surface area (Å²) in [7, 11) is 2.14. The summed E-state index contributed by atoms with van der Waals surface area (Å²) >= 11 is 1.81. The molecule has 1 aromatic heterocycles. The highest BCUT2D eigenvalue weighted by Crippen LogP contribution is 2.11. The Hall–Kier alpha value is -0.640. The van der Waals surface area contributed by atoms with Crippen LogP contribution in [0.5, 0.6) is 0 Å². The van der Waals surface area contributed by atoms with Gasteiger partial charge in [-0.05, 0) is 44.8 Å². The molecule has 0 amide bonds. The molecular weight excluding hydrogens is 228 g/mol. The zero-order chi connectivity index (χ0) is 12.9. The molecule has 1 heterocycles. The van der Waals surface area contributed by atoms with Gasteiger partial charge in [0.25, 0.3) is 0 Å². The van der Waals surface area contributed by atoms with Crippen LogP contribution in [0.2, 0.25) is 0 Å². The molecule has 1 N–H and O–H groups in total. The van der Waals surface area contributed by atoms with Gasteiger partial charge in [-0.25, -0.2) is 0 Å². The molecule has 0 bridgehead atoms. The Labute approximate surface area is 109 Å². The van der Waals surface area contributed by atoms with Crippen molar-refractivity contribution >= 4 is 11.3 Å². The van der Waals surface area contributed by atoms with Crippen LogP contribution >= 0.6 is 11.3 Å². The van der Waals surface area contributed by atoms with Crippen molar-refractivity contribution in [3.63, 3.8) is 0 Å². The molecule has 0 saturated heterocycles. The fraction of sp³-hybridized carbons (Fsp3) is 0.571. The smallest absolute Gasteiger partial charge is 0.0328 e. The van der Waals surface area contributed by atoms with Gasteiger partial charge in [0.2, 0.25) is 0 Å². The van der Waals surface area contributed by atoms with Crippen molar-refractivity contribution in [2.45, 2.75) is 32.9 Å². The molecule has 0 spiro atoms. The first-order valence-electron chi connectivity index (χ1n) is 5.99. The summed E-state index contributed by atoms with van der Waals surface area (Å²) in [4.78, 5) is 3.71. The van der Waals surface area contributed by atoms with Crippen LogP contribution in [0.1, 0.15) is 25.6 Å². The Morgan fingerprint density at radius 1 is 1.47 bits per heavy atom. The monoisotopic (exact) mass is 252 g/mol. The number of hydrogen-bond acceptors (Lipinski definition) is 3. The largest absolute Gasteiger partial charge is 0.308 e. The highest BCUT2D eigenvalue weighted by atomic mass is 32.1. The SMILES string of the molecule is C=C(CNC(C)(C)C)CN(C)Cc1cccs1. The summed E-state index contributed by atoms with van der Waals surface area (Å²) < 4.78 is 0. The normalized spacial score (nSPS) is 12.1. The van der Waals surface area contributed by atoms with Crippen molar-refractivity contribution in [1.82, 2.24) is 10.2 Å². The minimum absolute atomic E-state index is 0.162. The van der Waals surface area contributed by atoms with E-state index in [1.165, 1.54) is 10.5 Å². The standard InChI is InChI=1S/C14H24N2S/c1-12(9-15-14(2,3)4)10-16(5)11-13-7-6-8-17-13/h6-8,15H,1,9-11H2,2-5H3. The van der Waals surface area contributed by atoms with Gasteiger partial charge in [0.1, 0.15) is 0 Å². The van der Waals surface area contributed by atoms with Gasteiger partial charge in [0, 0.05) is 30.1 Å². The van der Waals surface area contributed by atoms with Crippen LogP contribution in [-0.2, 0) is 6.54 Å². The first kappa shape index (κ1) is 14.4. The van der Waals surface area contributed by atoms with Gasteiger partial charge in [-0.3, -0.25) is 4.90 Å². The molecular formula is C14H24N2S. The van der Waals surface area contributed by atoms with E-state index >= 15 is 0 Å². The molecule has 0 aliphatic heterocycles. The van der Waals surface area contributed by atoms with Crippen LogP contribution < -0.4 is 5.32 Å². The van der Waals surface area contributed by atoms with Crippen LogP contribution in [-0.4, -0.2) is 30.6 Å². The predicted octanol–water partition coefficient (Wildman–Crippen LogP) is 3.12. The quantitative estimate of drug-likeness (QED) is 0.783. The van der Waals surface area contributed by atoms with Gasteiger partial charge in [-0.1, -0.05) is 12.6 Å². The lowest BCUT2D eigenvalue weighted by molar-refractivity contribution is 0.349. The second-order valence-corrected chi connectivity index (χ2v) is 6.64. The van der Waals surface area contributed by atoms with Gasteiger partial charge < -0.3 is 5.32 Å². The van der Waals surface area contributed by atoms with Crippen LogP contribution in [0.15, 0.2) is 29.7 Å². The van der Waals surface area contributed by atoms with Gasteiger partial charge >= 0.3 is 0 Å². The Balaban J connectivity index is 2.26. The molecule has 0 fully saturated rings. The van der Waals surface area contributed by atoms with Crippen molar-refractivity contribution in [2.24, 2.45) is 0 Å². The van der Waals surface area contributed by atoms with E-state index in [0.29, 0.717) is 0 Å². The van der Waals surface area contributed by atoms with Gasteiger partial charge in [0.15, 0.2) is 0 Å². The predicted molar refractivity (Wildman–Crippen MR) is 77.5 cm³/mol. The molecule has 0 saturated carbocycles. The summed E-state index contributed by atoms with van der Waals surface area (Å²) in [6.07, 6.45) is 0. The van der Waals surface area contributed by atoms with Crippen LogP contribution in [0.3, 0.4) is 0 Å². The topological polar surface area (TPSA) is 15.3 Å². The van der Waals surface area contributed by atoms with Gasteiger partial charge in [0.05, 0.1) is 0 Å². The molecule has 0 aliphatic rings. The summed E-state index contributed by atoms with van der Waals surface area (Å²) in [6, 6.07) is 4.28. The summed E-state index contributed by atoms with van der Waals surface area (Å²) in [6.45, 7) is 13.5. The van der Waals surface area contributed by atoms with E-state index in [1.54, 1.807) is 0 Å². The van der Waals surface area contributed by atoms with Crippen molar-refractivity contribution in [1.29, 1.82) is 0 Å². The maximum atomic E-state index is 4.13.